The van der Waals surface area contributed by atoms with Crippen molar-refractivity contribution in [3.63, 3.8) is 0 Å². The molecule has 3 aliphatic rings. The van der Waals surface area contributed by atoms with Crippen LogP contribution in [0.25, 0.3) is 0 Å². The standard InChI is InChI=1S/C29H42N2O4/c1-21(2)35-25-16-15-23(19-26(25)34-3)28-29(33)31(24-13-9-4-5-10-14-24)20-27(32)30(28)18-17-22-11-7-6-8-12-22/h11,15-16,19,21,24,28H,4-10,12-14,17-18,20H2,1-3H3/t28-/m1/s1. The maximum absolute atomic E-state index is 14.1. The van der Waals surface area contributed by atoms with Gasteiger partial charge in [0, 0.05) is 12.6 Å². The van der Waals surface area contributed by atoms with Crippen molar-refractivity contribution < 1.29 is 19.1 Å². The van der Waals surface area contributed by atoms with E-state index in [9.17, 15) is 9.59 Å². The molecule has 2 amide bonds. The van der Waals surface area contributed by atoms with Crippen LogP contribution in [0.4, 0.5) is 0 Å². The Hall–Kier alpha value is -2.50. The number of hydrogen-bond donors (Lipinski definition) is 0. The lowest BCUT2D eigenvalue weighted by molar-refractivity contribution is -0.158. The minimum atomic E-state index is -0.620. The fraction of sp³-hybridized carbons (Fsp3) is 0.655. The highest BCUT2D eigenvalue weighted by atomic mass is 16.5. The third-order valence-electron chi connectivity index (χ3n) is 7.65. The van der Waals surface area contributed by atoms with Crippen LogP contribution in [-0.4, -0.2) is 54.0 Å². The predicted octanol–water partition coefficient (Wildman–Crippen LogP) is 5.81. The van der Waals surface area contributed by atoms with E-state index in [2.05, 4.69) is 6.08 Å². The maximum atomic E-state index is 14.1. The van der Waals surface area contributed by atoms with Crippen LogP contribution in [0.2, 0.25) is 0 Å². The van der Waals surface area contributed by atoms with E-state index < -0.39 is 6.04 Å². The molecule has 1 saturated heterocycles. The molecule has 0 N–H and O–H groups in total. The second-order valence-corrected chi connectivity index (χ2v) is 10.5. The zero-order chi connectivity index (χ0) is 24.8. The number of piperazine rings is 1. The van der Waals surface area contributed by atoms with Crippen LogP contribution < -0.4 is 9.47 Å². The molecule has 1 aromatic rings. The normalized spacial score (nSPS) is 22.3. The summed E-state index contributed by atoms with van der Waals surface area (Å²) in [4.78, 5) is 31.3. The van der Waals surface area contributed by atoms with Crippen LogP contribution in [0.15, 0.2) is 29.8 Å². The highest BCUT2D eigenvalue weighted by Gasteiger charge is 2.43. The van der Waals surface area contributed by atoms with Gasteiger partial charge in [0.25, 0.3) is 5.91 Å². The first-order valence-corrected chi connectivity index (χ1v) is 13.6. The van der Waals surface area contributed by atoms with Gasteiger partial charge in [-0.1, -0.05) is 43.4 Å². The maximum Gasteiger partial charge on any atom is 0.250 e. The minimum Gasteiger partial charge on any atom is -0.493 e. The van der Waals surface area contributed by atoms with E-state index in [0.717, 1.165) is 50.5 Å². The Labute approximate surface area is 210 Å². The molecule has 1 heterocycles. The summed E-state index contributed by atoms with van der Waals surface area (Å²) in [6.07, 6.45) is 14.5. The number of nitrogens with zero attached hydrogens (tertiary/aromatic N) is 2. The van der Waals surface area contributed by atoms with Gasteiger partial charge in [-0.2, -0.15) is 0 Å². The van der Waals surface area contributed by atoms with Gasteiger partial charge >= 0.3 is 0 Å². The molecule has 1 saturated carbocycles. The molecular formula is C29H42N2O4. The van der Waals surface area contributed by atoms with Crippen molar-refractivity contribution in [1.82, 2.24) is 9.80 Å². The lowest BCUT2D eigenvalue weighted by Crippen LogP contribution is -2.58. The van der Waals surface area contributed by atoms with E-state index in [-0.39, 0.29) is 30.5 Å². The molecule has 0 radical (unpaired) electrons. The summed E-state index contributed by atoms with van der Waals surface area (Å²) in [5.41, 5.74) is 2.21. The molecule has 1 atom stereocenters. The number of hydrogen-bond acceptors (Lipinski definition) is 4. The lowest BCUT2D eigenvalue weighted by atomic mass is 9.94. The van der Waals surface area contributed by atoms with Gasteiger partial charge < -0.3 is 19.3 Å². The fourth-order valence-electron chi connectivity index (χ4n) is 5.81. The number of allylic oxidation sites excluding steroid dienone is 1. The van der Waals surface area contributed by atoms with Crippen molar-refractivity contribution >= 4 is 11.8 Å². The van der Waals surface area contributed by atoms with Crippen LogP contribution in [0, 0.1) is 0 Å². The van der Waals surface area contributed by atoms with Gasteiger partial charge in [0.2, 0.25) is 5.91 Å². The first-order chi connectivity index (χ1) is 17.0. The average Bonchev–Trinajstić information content (AvgIpc) is 3.14. The highest BCUT2D eigenvalue weighted by molar-refractivity contribution is 5.96. The largest absolute Gasteiger partial charge is 0.493 e. The Bertz CT molecular complexity index is 917. The van der Waals surface area contributed by atoms with Gasteiger partial charge in [-0.3, -0.25) is 9.59 Å². The van der Waals surface area contributed by atoms with Crippen LogP contribution in [-0.2, 0) is 9.59 Å². The van der Waals surface area contributed by atoms with E-state index in [0.29, 0.717) is 18.0 Å². The van der Waals surface area contributed by atoms with Gasteiger partial charge in [-0.05, 0) is 76.5 Å². The number of ether oxygens (including phenoxy) is 2. The summed E-state index contributed by atoms with van der Waals surface area (Å²) < 4.78 is 11.5. The zero-order valence-electron chi connectivity index (χ0n) is 21.8. The van der Waals surface area contributed by atoms with Crippen LogP contribution in [0.5, 0.6) is 11.5 Å². The van der Waals surface area contributed by atoms with E-state index in [4.69, 9.17) is 9.47 Å². The van der Waals surface area contributed by atoms with Crippen molar-refractivity contribution in [3.05, 3.63) is 35.4 Å². The number of carbonyl (C=O) groups excluding carboxylic acids is 2. The second kappa shape index (κ2) is 12.0. The van der Waals surface area contributed by atoms with Gasteiger partial charge in [-0.25, -0.2) is 0 Å². The molecule has 1 aromatic carbocycles. The molecule has 0 aromatic heterocycles. The smallest absolute Gasteiger partial charge is 0.250 e. The van der Waals surface area contributed by atoms with Crippen molar-refractivity contribution in [2.45, 2.75) is 103 Å². The molecule has 0 bridgehead atoms. The summed E-state index contributed by atoms with van der Waals surface area (Å²) in [6.45, 7) is 4.73. The quantitative estimate of drug-likeness (QED) is 0.347. The highest BCUT2D eigenvalue weighted by Crippen LogP contribution is 2.37. The Morgan fingerprint density at radius 1 is 1.00 bits per heavy atom. The molecule has 35 heavy (non-hydrogen) atoms. The summed E-state index contributed by atoms with van der Waals surface area (Å²) >= 11 is 0. The Kier molecular flexibility index (Phi) is 8.74. The molecule has 0 unspecified atom stereocenters. The van der Waals surface area contributed by atoms with Crippen LogP contribution in [0.3, 0.4) is 0 Å². The number of rotatable bonds is 8. The molecule has 4 rings (SSSR count). The third-order valence-corrected chi connectivity index (χ3v) is 7.65. The third kappa shape index (κ3) is 6.20. The Morgan fingerprint density at radius 3 is 2.43 bits per heavy atom. The minimum absolute atomic E-state index is 0.0126. The molecule has 1 aliphatic heterocycles. The summed E-state index contributed by atoms with van der Waals surface area (Å²) in [6, 6.07) is 5.23. The second-order valence-electron chi connectivity index (χ2n) is 10.5. The SMILES string of the molecule is COc1cc([C@@H]2C(=O)N(C3CCCCCC3)CC(=O)N2CCC2=CCCCC2)ccc1OC(C)C. The molecule has 6 nitrogen and oxygen atoms in total. The summed E-state index contributed by atoms with van der Waals surface area (Å²) in [5.74, 6) is 1.35. The fourth-order valence-corrected chi connectivity index (χ4v) is 5.81. The van der Waals surface area contributed by atoms with Crippen molar-refractivity contribution in [2.24, 2.45) is 0 Å². The molecule has 6 heteroatoms. The molecule has 0 spiro atoms. The topological polar surface area (TPSA) is 59.1 Å². The number of amides is 2. The number of carbonyl (C=O) groups is 2. The number of methoxy groups -OCH3 is 1. The Morgan fingerprint density at radius 2 is 1.77 bits per heavy atom. The molecule has 192 valence electrons. The van der Waals surface area contributed by atoms with E-state index in [1.807, 2.05) is 41.8 Å². The Balaban J connectivity index is 1.64. The van der Waals surface area contributed by atoms with E-state index in [1.54, 1.807) is 7.11 Å². The lowest BCUT2D eigenvalue weighted by Gasteiger charge is -2.44. The van der Waals surface area contributed by atoms with Gasteiger partial charge in [0.05, 0.1) is 13.2 Å². The summed E-state index contributed by atoms with van der Waals surface area (Å²) in [7, 11) is 1.62. The van der Waals surface area contributed by atoms with Gasteiger partial charge in [0.15, 0.2) is 11.5 Å². The molecular weight excluding hydrogens is 440 g/mol. The van der Waals surface area contributed by atoms with Crippen LogP contribution >= 0.6 is 0 Å². The molecule has 2 aliphatic carbocycles. The molecule has 2 fully saturated rings. The van der Waals surface area contributed by atoms with E-state index in [1.165, 1.54) is 31.3 Å². The van der Waals surface area contributed by atoms with E-state index >= 15 is 0 Å². The van der Waals surface area contributed by atoms with Crippen molar-refractivity contribution in [2.75, 3.05) is 20.2 Å². The zero-order valence-corrected chi connectivity index (χ0v) is 21.8. The predicted molar refractivity (Wildman–Crippen MR) is 138 cm³/mol. The van der Waals surface area contributed by atoms with Gasteiger partial charge in [-0.15, -0.1) is 0 Å². The first kappa shape index (κ1) is 25.6. The van der Waals surface area contributed by atoms with Crippen molar-refractivity contribution in [1.29, 1.82) is 0 Å². The monoisotopic (exact) mass is 482 g/mol. The van der Waals surface area contributed by atoms with Crippen molar-refractivity contribution in [3.8, 4) is 11.5 Å². The van der Waals surface area contributed by atoms with Crippen LogP contribution in [0.1, 0.15) is 96.1 Å². The van der Waals surface area contributed by atoms with Gasteiger partial charge in [0.1, 0.15) is 12.6 Å². The number of benzene rings is 1. The average molecular weight is 483 g/mol. The first-order valence-electron chi connectivity index (χ1n) is 13.6. The summed E-state index contributed by atoms with van der Waals surface area (Å²) in [5, 5.41) is 0.